The summed E-state index contributed by atoms with van der Waals surface area (Å²) in [6.07, 6.45) is 4.08. The van der Waals surface area contributed by atoms with Gasteiger partial charge in [-0.25, -0.2) is 9.78 Å². The van der Waals surface area contributed by atoms with Crippen molar-refractivity contribution >= 4 is 40.3 Å². The third-order valence-corrected chi connectivity index (χ3v) is 7.44. The molecule has 1 aromatic carbocycles. The Kier molecular flexibility index (Phi) is 7.40. The van der Waals surface area contributed by atoms with Crippen molar-refractivity contribution in [3.63, 3.8) is 0 Å². The predicted molar refractivity (Wildman–Crippen MR) is 130 cm³/mol. The zero-order chi connectivity index (χ0) is 24.4. The third-order valence-electron chi connectivity index (χ3n) is 6.01. The summed E-state index contributed by atoms with van der Waals surface area (Å²) in [5, 5.41) is 10.8. The number of ketones is 1. The van der Waals surface area contributed by atoms with Crippen LogP contribution in [-0.2, 0) is 14.3 Å². The van der Waals surface area contributed by atoms with Crippen LogP contribution in [0.5, 0.6) is 11.5 Å². The molecule has 2 bridgehead atoms. The van der Waals surface area contributed by atoms with Crippen molar-refractivity contribution in [2.75, 3.05) is 20.3 Å². The number of ether oxygens (including phenoxy) is 3. The van der Waals surface area contributed by atoms with Gasteiger partial charge in [-0.1, -0.05) is 17.7 Å². The number of aryl methyl sites for hydroxylation is 2. The molecule has 2 aliphatic rings. The minimum absolute atomic E-state index is 0.115. The number of carboxylic acid groups (broad SMARTS) is 1. The van der Waals surface area contributed by atoms with Gasteiger partial charge in [0.25, 0.3) is 0 Å². The van der Waals surface area contributed by atoms with E-state index in [4.69, 9.17) is 30.8 Å². The van der Waals surface area contributed by atoms with Crippen LogP contribution in [0, 0.1) is 19.8 Å². The van der Waals surface area contributed by atoms with Crippen LogP contribution in [0.3, 0.4) is 0 Å². The number of nitrogens with zero attached hydrogens (tertiary/aromatic N) is 1. The highest BCUT2D eigenvalue weighted by Crippen LogP contribution is 2.48. The molecule has 0 saturated heterocycles. The second kappa shape index (κ2) is 10.3. The number of methoxy groups -OCH3 is 1. The smallest absolute Gasteiger partial charge is 0.339 e. The first-order valence-corrected chi connectivity index (χ1v) is 12.2. The summed E-state index contributed by atoms with van der Waals surface area (Å²) in [5.41, 5.74) is 2.05. The zero-order valence-electron chi connectivity index (χ0n) is 19.2. The monoisotopic (exact) mass is 503 g/mol. The Hall–Kier alpha value is -2.68. The lowest BCUT2D eigenvalue weighted by molar-refractivity contribution is -0.134. The molecule has 1 N–H and O–H groups in total. The highest BCUT2D eigenvalue weighted by atomic mass is 35.5. The Balaban J connectivity index is 1.81. The van der Waals surface area contributed by atoms with Crippen molar-refractivity contribution in [2.24, 2.45) is 5.92 Å². The number of halogens is 1. The fourth-order valence-electron chi connectivity index (χ4n) is 4.13. The Morgan fingerprint density at radius 3 is 2.79 bits per heavy atom. The molecular weight excluding hydrogens is 478 g/mol. The molecule has 180 valence electrons. The van der Waals surface area contributed by atoms with Gasteiger partial charge in [-0.15, -0.1) is 11.3 Å². The van der Waals surface area contributed by atoms with E-state index in [-0.39, 0.29) is 11.5 Å². The van der Waals surface area contributed by atoms with Gasteiger partial charge in [-0.05, 0) is 44.4 Å². The highest BCUT2D eigenvalue weighted by molar-refractivity contribution is 7.11. The molecule has 0 fully saturated rings. The Morgan fingerprint density at radius 1 is 1.32 bits per heavy atom. The first-order valence-electron chi connectivity index (χ1n) is 11.0. The van der Waals surface area contributed by atoms with E-state index < -0.39 is 17.9 Å². The number of benzene rings is 1. The van der Waals surface area contributed by atoms with Crippen LogP contribution in [0.1, 0.15) is 46.5 Å². The summed E-state index contributed by atoms with van der Waals surface area (Å²) in [6, 6.07) is 3.47. The number of aromatic nitrogens is 1. The molecule has 0 radical (unpaired) electrons. The second-order valence-corrected chi connectivity index (χ2v) is 10.0. The van der Waals surface area contributed by atoms with Crippen LogP contribution >= 0.6 is 22.9 Å². The maximum Gasteiger partial charge on any atom is 0.339 e. The van der Waals surface area contributed by atoms with Crippen molar-refractivity contribution < 1.29 is 28.9 Å². The van der Waals surface area contributed by atoms with Crippen LogP contribution in [0.4, 0.5) is 0 Å². The van der Waals surface area contributed by atoms with Gasteiger partial charge in [0.15, 0.2) is 11.9 Å². The lowest BCUT2D eigenvalue weighted by atomic mass is 9.85. The number of rotatable bonds is 7. The average molecular weight is 504 g/mol. The molecule has 0 saturated carbocycles. The molecule has 1 aliphatic carbocycles. The molecule has 1 aliphatic heterocycles. The Bertz CT molecular complexity index is 1160. The number of carbonyl (C=O) groups excluding carboxylic acids is 1. The SMILES string of the molecule is COCCCOc1cc2c(cc1Cl)/C1=C/C(=O)/C(C(=O)O)=C\CC(C1)C(c1nc(C)c(C)s1)O2. The van der Waals surface area contributed by atoms with Gasteiger partial charge in [-0.3, -0.25) is 4.79 Å². The quantitative estimate of drug-likeness (QED) is 0.402. The molecule has 0 amide bonds. The number of hydrogen-bond acceptors (Lipinski definition) is 7. The second-order valence-electron chi connectivity index (χ2n) is 8.36. The van der Waals surface area contributed by atoms with Gasteiger partial charge in [0, 0.05) is 42.6 Å². The van der Waals surface area contributed by atoms with E-state index in [1.807, 2.05) is 13.8 Å². The molecule has 34 heavy (non-hydrogen) atoms. The molecule has 2 unspecified atom stereocenters. The number of allylic oxidation sites excluding steroid dienone is 3. The summed E-state index contributed by atoms with van der Waals surface area (Å²) >= 11 is 8.10. The molecule has 2 atom stereocenters. The van der Waals surface area contributed by atoms with E-state index in [0.717, 1.165) is 15.6 Å². The maximum absolute atomic E-state index is 12.7. The van der Waals surface area contributed by atoms with Crippen LogP contribution in [0.25, 0.3) is 5.57 Å². The number of fused-ring (bicyclic) bond motifs is 4. The average Bonchev–Trinajstić information content (AvgIpc) is 3.02. The van der Waals surface area contributed by atoms with E-state index in [1.54, 1.807) is 30.6 Å². The van der Waals surface area contributed by atoms with Gasteiger partial charge >= 0.3 is 5.97 Å². The lowest BCUT2D eigenvalue weighted by Crippen LogP contribution is -2.20. The van der Waals surface area contributed by atoms with Gasteiger partial charge in [0.05, 0.1) is 17.3 Å². The minimum Gasteiger partial charge on any atom is -0.492 e. The van der Waals surface area contributed by atoms with Crippen molar-refractivity contribution in [3.8, 4) is 11.5 Å². The van der Waals surface area contributed by atoms with Crippen molar-refractivity contribution in [3.05, 3.63) is 56.0 Å². The first-order chi connectivity index (χ1) is 16.3. The molecule has 1 aromatic heterocycles. The molecule has 9 heteroatoms. The van der Waals surface area contributed by atoms with E-state index in [2.05, 4.69) is 0 Å². The minimum atomic E-state index is -1.24. The van der Waals surface area contributed by atoms with Crippen molar-refractivity contribution in [1.82, 2.24) is 4.98 Å². The number of carbonyl (C=O) groups is 2. The molecule has 2 heterocycles. The van der Waals surface area contributed by atoms with Crippen LogP contribution < -0.4 is 9.47 Å². The molecule has 4 rings (SSSR count). The van der Waals surface area contributed by atoms with Gasteiger partial charge < -0.3 is 19.3 Å². The predicted octanol–water partition coefficient (Wildman–Crippen LogP) is 5.34. The molecular formula is C25H26ClNO6S. The van der Waals surface area contributed by atoms with Crippen LogP contribution in [-0.4, -0.2) is 42.2 Å². The topological polar surface area (TPSA) is 95.0 Å². The molecule has 0 spiro atoms. The first kappa shape index (κ1) is 24.4. The standard InChI is InChI=1S/C25H26ClNO6S/c1-13-14(2)34-24(27-13)23-15-5-6-17(25(29)30)20(28)10-16(9-15)18-11-19(26)22(12-21(18)33-23)32-8-4-7-31-3/h6,10-12,15,23H,4-5,7-9H2,1-3H3,(H,29,30)/b16-10+,17-6+. The molecule has 2 aromatic rings. The Morgan fingerprint density at radius 2 is 2.12 bits per heavy atom. The maximum atomic E-state index is 12.7. The highest BCUT2D eigenvalue weighted by Gasteiger charge is 2.36. The summed E-state index contributed by atoms with van der Waals surface area (Å²) in [7, 11) is 1.63. The summed E-state index contributed by atoms with van der Waals surface area (Å²) < 4.78 is 17.5. The summed E-state index contributed by atoms with van der Waals surface area (Å²) in [6.45, 7) is 4.96. The molecule has 7 nitrogen and oxygen atoms in total. The van der Waals surface area contributed by atoms with Crippen molar-refractivity contribution in [2.45, 2.75) is 39.2 Å². The van der Waals surface area contributed by atoms with E-state index in [1.165, 1.54) is 12.2 Å². The van der Waals surface area contributed by atoms with Crippen molar-refractivity contribution in [1.29, 1.82) is 0 Å². The van der Waals surface area contributed by atoms with E-state index in [0.29, 0.717) is 60.1 Å². The van der Waals surface area contributed by atoms with Gasteiger partial charge in [0.1, 0.15) is 22.1 Å². The van der Waals surface area contributed by atoms with Gasteiger partial charge in [-0.2, -0.15) is 0 Å². The van der Waals surface area contributed by atoms with Crippen LogP contribution in [0.2, 0.25) is 5.02 Å². The Labute approximate surface area is 207 Å². The third kappa shape index (κ3) is 5.04. The number of hydrogen-bond donors (Lipinski definition) is 1. The number of carboxylic acids is 1. The number of thiazole rings is 1. The summed E-state index contributed by atoms with van der Waals surface area (Å²) in [4.78, 5) is 30.3. The van der Waals surface area contributed by atoms with Crippen LogP contribution in [0.15, 0.2) is 29.9 Å². The fraction of sp³-hybridized carbons (Fsp3) is 0.400. The van der Waals surface area contributed by atoms with E-state index in [9.17, 15) is 14.7 Å². The normalized spacial score (nSPS) is 22.8. The van der Waals surface area contributed by atoms with Gasteiger partial charge in [0.2, 0.25) is 0 Å². The lowest BCUT2D eigenvalue weighted by Gasteiger charge is -2.24. The fourth-order valence-corrected chi connectivity index (χ4v) is 5.39. The largest absolute Gasteiger partial charge is 0.492 e. The zero-order valence-corrected chi connectivity index (χ0v) is 20.8. The number of aliphatic carboxylic acids is 1. The van der Waals surface area contributed by atoms with E-state index >= 15 is 0 Å². The summed E-state index contributed by atoms with van der Waals surface area (Å²) in [5.74, 6) is -0.887.